The van der Waals surface area contributed by atoms with Crippen molar-refractivity contribution in [3.05, 3.63) is 68.2 Å². The molecule has 0 saturated carbocycles. The number of non-ortho nitro benzene ring substituents is 1. The summed E-state index contributed by atoms with van der Waals surface area (Å²) in [7, 11) is 0. The van der Waals surface area contributed by atoms with E-state index in [1.165, 1.54) is 24.3 Å². The highest BCUT2D eigenvalue weighted by atomic mass is 35.5. The van der Waals surface area contributed by atoms with E-state index < -0.39 is 4.92 Å². The van der Waals surface area contributed by atoms with E-state index in [2.05, 4.69) is 10.6 Å². The molecule has 0 aromatic heterocycles. The summed E-state index contributed by atoms with van der Waals surface area (Å²) < 4.78 is 0. The molecule has 0 unspecified atom stereocenters. The van der Waals surface area contributed by atoms with Crippen LogP contribution >= 0.6 is 23.2 Å². The number of carbonyl (C=O) groups excluding carboxylic acids is 1. The summed E-state index contributed by atoms with van der Waals surface area (Å²) in [6.07, 6.45) is 0. The molecule has 6 nitrogen and oxygen atoms in total. The van der Waals surface area contributed by atoms with Crippen molar-refractivity contribution in [2.75, 3.05) is 11.9 Å². The third-order valence-electron chi connectivity index (χ3n) is 3.36. The number of anilines is 1. The van der Waals surface area contributed by atoms with Crippen LogP contribution in [0, 0.1) is 10.1 Å². The Kier molecular flexibility index (Phi) is 6.14. The fraction of sp³-hybridized carbons (Fsp3) is 0.188. The smallest absolute Gasteiger partial charge is 0.269 e. The van der Waals surface area contributed by atoms with Crippen LogP contribution < -0.4 is 10.6 Å². The van der Waals surface area contributed by atoms with Gasteiger partial charge in [0.2, 0.25) is 5.91 Å². The van der Waals surface area contributed by atoms with E-state index in [1.54, 1.807) is 18.2 Å². The van der Waals surface area contributed by atoms with Gasteiger partial charge in [-0.2, -0.15) is 0 Å². The zero-order chi connectivity index (χ0) is 17.7. The molecule has 24 heavy (non-hydrogen) atoms. The summed E-state index contributed by atoms with van der Waals surface area (Å²) in [6, 6.07) is 10.7. The van der Waals surface area contributed by atoms with Crippen LogP contribution in [0.4, 0.5) is 11.4 Å². The summed E-state index contributed by atoms with van der Waals surface area (Å²) in [6.45, 7) is 1.95. The zero-order valence-corrected chi connectivity index (χ0v) is 14.3. The first-order chi connectivity index (χ1) is 11.4. The maximum Gasteiger partial charge on any atom is 0.269 e. The summed E-state index contributed by atoms with van der Waals surface area (Å²) in [5, 5.41) is 17.4. The summed E-state index contributed by atoms with van der Waals surface area (Å²) in [4.78, 5) is 22.0. The molecule has 0 radical (unpaired) electrons. The molecule has 1 amide bonds. The number of nitrogens with zero attached hydrogens (tertiary/aromatic N) is 1. The number of carbonyl (C=O) groups is 1. The van der Waals surface area contributed by atoms with E-state index in [-0.39, 0.29) is 24.2 Å². The third kappa shape index (κ3) is 4.92. The van der Waals surface area contributed by atoms with Crippen molar-refractivity contribution in [3.8, 4) is 0 Å². The number of hydrogen-bond donors (Lipinski definition) is 2. The van der Waals surface area contributed by atoms with E-state index in [1.807, 2.05) is 6.92 Å². The van der Waals surface area contributed by atoms with Crippen molar-refractivity contribution in [2.24, 2.45) is 0 Å². The number of amides is 1. The quantitative estimate of drug-likeness (QED) is 0.592. The number of hydrogen-bond acceptors (Lipinski definition) is 4. The maximum absolute atomic E-state index is 11.9. The summed E-state index contributed by atoms with van der Waals surface area (Å²) in [5.74, 6) is -0.263. The molecule has 0 aliphatic rings. The van der Waals surface area contributed by atoms with Crippen LogP contribution in [-0.4, -0.2) is 17.4 Å². The first-order valence-electron chi connectivity index (χ1n) is 7.09. The van der Waals surface area contributed by atoms with E-state index in [0.29, 0.717) is 15.7 Å². The van der Waals surface area contributed by atoms with Gasteiger partial charge in [0.15, 0.2) is 0 Å². The Bertz CT molecular complexity index is 751. The van der Waals surface area contributed by atoms with Crippen molar-refractivity contribution in [3.63, 3.8) is 0 Å². The van der Waals surface area contributed by atoms with Gasteiger partial charge < -0.3 is 10.6 Å². The van der Waals surface area contributed by atoms with Gasteiger partial charge in [0.1, 0.15) is 0 Å². The number of rotatable bonds is 6. The molecule has 2 aromatic rings. The molecule has 0 heterocycles. The molecule has 1 atom stereocenters. The predicted molar refractivity (Wildman–Crippen MR) is 94.6 cm³/mol. The Morgan fingerprint density at radius 2 is 1.88 bits per heavy atom. The van der Waals surface area contributed by atoms with Crippen LogP contribution in [0.2, 0.25) is 10.0 Å². The molecule has 0 bridgehead atoms. The molecular formula is C16H15Cl2N3O3. The second-order valence-electron chi connectivity index (χ2n) is 5.12. The van der Waals surface area contributed by atoms with Gasteiger partial charge in [-0.1, -0.05) is 29.3 Å². The molecule has 2 aromatic carbocycles. The molecule has 0 fully saturated rings. The van der Waals surface area contributed by atoms with Crippen molar-refractivity contribution >= 4 is 40.5 Å². The van der Waals surface area contributed by atoms with Crippen LogP contribution in [0.15, 0.2) is 42.5 Å². The highest BCUT2D eigenvalue weighted by Gasteiger charge is 2.12. The average Bonchev–Trinajstić information content (AvgIpc) is 2.53. The van der Waals surface area contributed by atoms with Crippen LogP contribution in [0.25, 0.3) is 0 Å². The number of nitro groups is 1. The van der Waals surface area contributed by atoms with Gasteiger partial charge in [0.05, 0.1) is 11.5 Å². The predicted octanol–water partition coefficient (Wildman–Crippen LogP) is 4.19. The Morgan fingerprint density at radius 1 is 1.21 bits per heavy atom. The van der Waals surface area contributed by atoms with Crippen molar-refractivity contribution in [1.29, 1.82) is 0 Å². The number of benzene rings is 2. The maximum atomic E-state index is 11.9. The number of halogens is 2. The van der Waals surface area contributed by atoms with Gasteiger partial charge in [-0.25, -0.2) is 0 Å². The van der Waals surface area contributed by atoms with E-state index in [9.17, 15) is 14.9 Å². The number of nitro benzene ring substituents is 1. The van der Waals surface area contributed by atoms with Crippen molar-refractivity contribution < 1.29 is 9.72 Å². The second kappa shape index (κ2) is 8.10. The van der Waals surface area contributed by atoms with Crippen LogP contribution in [0.5, 0.6) is 0 Å². The summed E-state index contributed by atoms with van der Waals surface area (Å²) in [5.41, 5.74) is 1.30. The van der Waals surface area contributed by atoms with Crippen LogP contribution in [0.3, 0.4) is 0 Å². The minimum atomic E-state index is -0.495. The minimum Gasteiger partial charge on any atom is -0.325 e. The van der Waals surface area contributed by atoms with Gasteiger partial charge in [0, 0.05) is 33.9 Å². The molecule has 2 N–H and O–H groups in total. The van der Waals surface area contributed by atoms with Gasteiger partial charge in [-0.3, -0.25) is 14.9 Å². The van der Waals surface area contributed by atoms with Gasteiger partial charge in [0.25, 0.3) is 5.69 Å². The van der Waals surface area contributed by atoms with E-state index in [4.69, 9.17) is 23.2 Å². The van der Waals surface area contributed by atoms with Gasteiger partial charge in [-0.15, -0.1) is 0 Å². The third-order valence-corrected chi connectivity index (χ3v) is 3.92. The lowest BCUT2D eigenvalue weighted by atomic mass is 10.1. The molecule has 8 heteroatoms. The molecule has 0 saturated heterocycles. The molecular weight excluding hydrogens is 353 g/mol. The largest absolute Gasteiger partial charge is 0.325 e. The molecule has 126 valence electrons. The highest BCUT2D eigenvalue weighted by molar-refractivity contribution is 6.35. The lowest BCUT2D eigenvalue weighted by Crippen LogP contribution is -2.30. The average molecular weight is 368 g/mol. The molecule has 0 aliphatic carbocycles. The van der Waals surface area contributed by atoms with Crippen LogP contribution in [0.1, 0.15) is 18.5 Å². The first-order valence-corrected chi connectivity index (χ1v) is 7.85. The topological polar surface area (TPSA) is 84.3 Å². The Labute approximate surface area is 148 Å². The lowest BCUT2D eigenvalue weighted by molar-refractivity contribution is -0.384. The Balaban J connectivity index is 1.89. The van der Waals surface area contributed by atoms with Crippen molar-refractivity contribution in [2.45, 2.75) is 13.0 Å². The monoisotopic (exact) mass is 367 g/mol. The SMILES string of the molecule is C[C@H](NCC(=O)Nc1ccc([N+](=O)[O-])cc1)c1ccc(Cl)cc1Cl. The minimum absolute atomic E-state index is 0.0304. The van der Waals surface area contributed by atoms with Gasteiger partial charge in [-0.05, 0) is 36.8 Å². The number of nitrogens with one attached hydrogen (secondary N) is 2. The van der Waals surface area contributed by atoms with E-state index in [0.717, 1.165) is 5.56 Å². The van der Waals surface area contributed by atoms with Crippen molar-refractivity contribution in [1.82, 2.24) is 5.32 Å². The fourth-order valence-electron chi connectivity index (χ4n) is 2.08. The van der Waals surface area contributed by atoms with Gasteiger partial charge >= 0.3 is 0 Å². The molecule has 0 aliphatic heterocycles. The first kappa shape index (κ1) is 18.2. The molecule has 2 rings (SSSR count). The Morgan fingerprint density at radius 3 is 2.46 bits per heavy atom. The Hall–Kier alpha value is -2.15. The van der Waals surface area contributed by atoms with Crippen LogP contribution in [-0.2, 0) is 4.79 Å². The zero-order valence-electron chi connectivity index (χ0n) is 12.8. The fourth-order valence-corrected chi connectivity index (χ4v) is 2.65. The standard InChI is InChI=1S/C16H15Cl2N3O3/c1-10(14-7-2-11(17)8-15(14)18)19-9-16(22)20-12-3-5-13(6-4-12)21(23)24/h2-8,10,19H,9H2,1H3,(H,20,22)/t10-/m0/s1. The summed E-state index contributed by atoms with van der Waals surface area (Å²) >= 11 is 12.0. The highest BCUT2D eigenvalue weighted by Crippen LogP contribution is 2.26. The molecule has 0 spiro atoms. The lowest BCUT2D eigenvalue weighted by Gasteiger charge is -2.15. The normalized spacial score (nSPS) is 11.8. The second-order valence-corrected chi connectivity index (χ2v) is 5.96. The van der Waals surface area contributed by atoms with E-state index >= 15 is 0 Å².